The lowest BCUT2D eigenvalue weighted by molar-refractivity contribution is -0.123. The molecule has 0 bridgehead atoms. The number of aromatic nitrogens is 2. The van der Waals surface area contributed by atoms with Crippen molar-refractivity contribution in [3.05, 3.63) is 46.6 Å². The first-order valence-electron chi connectivity index (χ1n) is 7.20. The number of carbonyl (C=O) groups is 2. The van der Waals surface area contributed by atoms with Gasteiger partial charge in [0.05, 0.1) is 11.8 Å². The van der Waals surface area contributed by atoms with Crippen LogP contribution in [-0.4, -0.2) is 27.8 Å². The predicted octanol–water partition coefficient (Wildman–Crippen LogP) is 3.41. The summed E-state index contributed by atoms with van der Waals surface area (Å²) in [5.74, 6) is -0.404. The number of nitrogens with zero attached hydrogens (tertiary/aromatic N) is 2. The Morgan fingerprint density at radius 3 is 2.57 bits per heavy atom. The maximum Gasteiger partial charge on any atom is 0.340 e. The quantitative estimate of drug-likeness (QED) is 0.807. The van der Waals surface area contributed by atoms with Crippen molar-refractivity contribution >= 4 is 33.6 Å². The summed E-state index contributed by atoms with van der Waals surface area (Å²) in [6.45, 7) is 5.44. The molecule has 0 spiro atoms. The highest BCUT2D eigenvalue weighted by Gasteiger charge is 2.21. The molecule has 1 aromatic carbocycles. The van der Waals surface area contributed by atoms with E-state index in [2.05, 4.69) is 26.3 Å². The molecule has 1 unspecified atom stereocenters. The first kappa shape index (κ1) is 17.2. The van der Waals surface area contributed by atoms with E-state index in [1.807, 2.05) is 13.8 Å². The van der Waals surface area contributed by atoms with Crippen LogP contribution in [0, 0.1) is 0 Å². The standard InChI is InChI=1S/C16H18BrN3O3/c1-10(2)20-14(8-9-18-20)19-15(21)11(3)23-16(22)12-6-4-5-7-13(12)17/h4-11H,1-3H3,(H,19,21). The minimum Gasteiger partial charge on any atom is -0.449 e. The van der Waals surface area contributed by atoms with Gasteiger partial charge in [-0.2, -0.15) is 5.10 Å². The minimum absolute atomic E-state index is 0.110. The van der Waals surface area contributed by atoms with Crippen LogP contribution in [-0.2, 0) is 9.53 Å². The van der Waals surface area contributed by atoms with Gasteiger partial charge in [-0.3, -0.25) is 4.79 Å². The summed E-state index contributed by atoms with van der Waals surface area (Å²) in [5, 5.41) is 6.85. The van der Waals surface area contributed by atoms with Gasteiger partial charge in [-0.05, 0) is 48.8 Å². The monoisotopic (exact) mass is 379 g/mol. The van der Waals surface area contributed by atoms with Gasteiger partial charge in [0.2, 0.25) is 0 Å². The fourth-order valence-electron chi connectivity index (χ4n) is 1.96. The number of hydrogen-bond acceptors (Lipinski definition) is 4. The Bertz CT molecular complexity index is 712. The molecule has 0 aliphatic rings. The maximum absolute atomic E-state index is 12.2. The molecule has 2 aromatic rings. The molecule has 6 nitrogen and oxygen atoms in total. The zero-order valence-corrected chi connectivity index (χ0v) is 14.7. The topological polar surface area (TPSA) is 73.2 Å². The lowest BCUT2D eigenvalue weighted by Gasteiger charge is -2.16. The van der Waals surface area contributed by atoms with Gasteiger partial charge >= 0.3 is 5.97 Å². The van der Waals surface area contributed by atoms with Crippen LogP contribution in [0.4, 0.5) is 5.82 Å². The van der Waals surface area contributed by atoms with Crippen molar-refractivity contribution in [3.8, 4) is 0 Å². The van der Waals surface area contributed by atoms with Crippen molar-refractivity contribution in [3.63, 3.8) is 0 Å². The number of halogens is 1. The van der Waals surface area contributed by atoms with E-state index in [0.717, 1.165) is 0 Å². The van der Waals surface area contributed by atoms with Crippen LogP contribution < -0.4 is 5.32 Å². The molecule has 0 radical (unpaired) electrons. The average molecular weight is 380 g/mol. The highest BCUT2D eigenvalue weighted by atomic mass is 79.9. The molecule has 0 saturated heterocycles. The van der Waals surface area contributed by atoms with Crippen LogP contribution in [0.3, 0.4) is 0 Å². The van der Waals surface area contributed by atoms with Gasteiger partial charge in [0.1, 0.15) is 5.82 Å². The van der Waals surface area contributed by atoms with Crippen molar-refractivity contribution in [1.82, 2.24) is 9.78 Å². The third kappa shape index (κ3) is 4.19. The molecule has 122 valence electrons. The molecular weight excluding hydrogens is 362 g/mol. The number of carbonyl (C=O) groups excluding carboxylic acids is 2. The van der Waals surface area contributed by atoms with E-state index >= 15 is 0 Å². The number of amides is 1. The number of hydrogen-bond donors (Lipinski definition) is 1. The van der Waals surface area contributed by atoms with Gasteiger partial charge in [-0.15, -0.1) is 0 Å². The van der Waals surface area contributed by atoms with Gasteiger partial charge in [0, 0.05) is 16.6 Å². The minimum atomic E-state index is -0.926. The third-order valence-electron chi connectivity index (χ3n) is 3.16. The second kappa shape index (κ2) is 7.41. The molecule has 1 amide bonds. The Morgan fingerprint density at radius 2 is 1.91 bits per heavy atom. The van der Waals surface area contributed by atoms with Crippen molar-refractivity contribution in [1.29, 1.82) is 0 Å². The van der Waals surface area contributed by atoms with E-state index in [1.54, 1.807) is 41.2 Å². The molecule has 1 N–H and O–H groups in total. The van der Waals surface area contributed by atoms with E-state index in [-0.39, 0.29) is 6.04 Å². The van der Waals surface area contributed by atoms with E-state index in [4.69, 9.17) is 4.74 Å². The number of anilines is 1. The van der Waals surface area contributed by atoms with Gasteiger partial charge in [-0.25, -0.2) is 9.48 Å². The van der Waals surface area contributed by atoms with Crippen LogP contribution in [0.25, 0.3) is 0 Å². The van der Waals surface area contributed by atoms with Crippen molar-refractivity contribution in [2.24, 2.45) is 0 Å². The molecule has 1 aromatic heterocycles. The summed E-state index contributed by atoms with van der Waals surface area (Å²) in [6.07, 6.45) is 0.679. The van der Waals surface area contributed by atoms with E-state index in [9.17, 15) is 9.59 Å². The summed E-state index contributed by atoms with van der Waals surface area (Å²) in [7, 11) is 0. The molecule has 1 atom stereocenters. The second-order valence-electron chi connectivity index (χ2n) is 5.27. The zero-order chi connectivity index (χ0) is 17.0. The van der Waals surface area contributed by atoms with E-state index in [0.29, 0.717) is 15.9 Å². The first-order valence-corrected chi connectivity index (χ1v) is 7.99. The summed E-state index contributed by atoms with van der Waals surface area (Å²) in [5.41, 5.74) is 0.374. The number of ether oxygens (including phenoxy) is 1. The Balaban J connectivity index is 2.01. The van der Waals surface area contributed by atoms with Crippen molar-refractivity contribution in [2.75, 3.05) is 5.32 Å². The van der Waals surface area contributed by atoms with Crippen LogP contribution in [0.1, 0.15) is 37.2 Å². The van der Waals surface area contributed by atoms with E-state index < -0.39 is 18.0 Å². The van der Waals surface area contributed by atoms with Gasteiger partial charge in [0.25, 0.3) is 5.91 Å². The Hall–Kier alpha value is -2.15. The maximum atomic E-state index is 12.2. The lowest BCUT2D eigenvalue weighted by Crippen LogP contribution is -2.31. The Kier molecular flexibility index (Phi) is 5.54. The smallest absolute Gasteiger partial charge is 0.340 e. The van der Waals surface area contributed by atoms with Crippen LogP contribution in [0.15, 0.2) is 41.0 Å². The molecule has 0 aliphatic carbocycles. The molecule has 0 saturated carbocycles. The van der Waals surface area contributed by atoms with Gasteiger partial charge < -0.3 is 10.1 Å². The zero-order valence-electron chi connectivity index (χ0n) is 13.1. The highest BCUT2D eigenvalue weighted by Crippen LogP contribution is 2.18. The number of benzene rings is 1. The van der Waals surface area contributed by atoms with Gasteiger partial charge in [0.15, 0.2) is 6.10 Å². The number of rotatable bonds is 5. The Morgan fingerprint density at radius 1 is 1.22 bits per heavy atom. The summed E-state index contributed by atoms with van der Waals surface area (Å²) >= 11 is 3.28. The summed E-state index contributed by atoms with van der Waals surface area (Å²) in [6, 6.07) is 8.70. The molecule has 0 aliphatic heterocycles. The molecule has 1 heterocycles. The molecule has 7 heteroatoms. The summed E-state index contributed by atoms with van der Waals surface area (Å²) in [4.78, 5) is 24.3. The number of nitrogens with one attached hydrogen (secondary N) is 1. The molecule has 2 rings (SSSR count). The highest BCUT2D eigenvalue weighted by molar-refractivity contribution is 9.10. The first-order chi connectivity index (χ1) is 10.9. The lowest BCUT2D eigenvalue weighted by atomic mass is 10.2. The average Bonchev–Trinajstić information content (AvgIpc) is 2.95. The molecular formula is C16H18BrN3O3. The van der Waals surface area contributed by atoms with Crippen LogP contribution >= 0.6 is 15.9 Å². The second-order valence-corrected chi connectivity index (χ2v) is 6.13. The van der Waals surface area contributed by atoms with Gasteiger partial charge in [-0.1, -0.05) is 12.1 Å². The Labute approximate surface area is 143 Å². The van der Waals surface area contributed by atoms with Crippen LogP contribution in [0.2, 0.25) is 0 Å². The van der Waals surface area contributed by atoms with E-state index in [1.165, 1.54) is 6.92 Å². The number of esters is 1. The summed E-state index contributed by atoms with van der Waals surface area (Å²) < 4.78 is 7.52. The molecule has 0 fully saturated rings. The fraction of sp³-hybridized carbons (Fsp3) is 0.312. The largest absolute Gasteiger partial charge is 0.449 e. The van der Waals surface area contributed by atoms with Crippen molar-refractivity contribution < 1.29 is 14.3 Å². The normalized spacial score (nSPS) is 12.0. The SMILES string of the molecule is CC(OC(=O)c1ccccc1Br)C(=O)Nc1ccnn1C(C)C. The van der Waals surface area contributed by atoms with Crippen molar-refractivity contribution in [2.45, 2.75) is 32.9 Å². The van der Waals surface area contributed by atoms with Crippen LogP contribution in [0.5, 0.6) is 0 Å². The predicted molar refractivity (Wildman–Crippen MR) is 90.3 cm³/mol. The molecule has 23 heavy (non-hydrogen) atoms. The fourth-order valence-corrected chi connectivity index (χ4v) is 2.40. The third-order valence-corrected chi connectivity index (χ3v) is 3.85.